The quantitative estimate of drug-likeness (QED) is 0.732. The number of para-hydroxylation sites is 1. The first-order valence-corrected chi connectivity index (χ1v) is 7.72. The van der Waals surface area contributed by atoms with Crippen LogP contribution in [0.2, 0.25) is 15.1 Å². The van der Waals surface area contributed by atoms with Crippen molar-refractivity contribution in [2.75, 3.05) is 11.9 Å². The van der Waals surface area contributed by atoms with Crippen LogP contribution in [0.1, 0.15) is 0 Å². The summed E-state index contributed by atoms with van der Waals surface area (Å²) in [5.41, 5.74) is 0.652. The molecular weight excluding hydrogens is 400 g/mol. The third-order valence-corrected chi connectivity index (χ3v) is 3.93. The number of benzene rings is 2. The molecule has 0 fully saturated rings. The molecule has 0 atom stereocenters. The predicted molar refractivity (Wildman–Crippen MR) is 89.7 cm³/mol. The van der Waals surface area contributed by atoms with E-state index in [0.29, 0.717) is 10.7 Å². The molecule has 0 aliphatic rings. The molecule has 110 valence electrons. The van der Waals surface area contributed by atoms with Gasteiger partial charge in [-0.2, -0.15) is 0 Å². The smallest absolute Gasteiger partial charge is 0.262 e. The van der Waals surface area contributed by atoms with Gasteiger partial charge in [-0.25, -0.2) is 0 Å². The molecule has 0 radical (unpaired) electrons. The first-order valence-electron chi connectivity index (χ1n) is 5.79. The first-order chi connectivity index (χ1) is 9.97. The fourth-order valence-electron chi connectivity index (χ4n) is 1.55. The van der Waals surface area contributed by atoms with Gasteiger partial charge in [0.1, 0.15) is 0 Å². The van der Waals surface area contributed by atoms with E-state index >= 15 is 0 Å². The van der Waals surface area contributed by atoms with Gasteiger partial charge in [-0.15, -0.1) is 0 Å². The van der Waals surface area contributed by atoms with Crippen molar-refractivity contribution in [1.29, 1.82) is 0 Å². The third-order valence-electron chi connectivity index (χ3n) is 2.46. The van der Waals surface area contributed by atoms with Crippen LogP contribution in [0.3, 0.4) is 0 Å². The summed E-state index contributed by atoms with van der Waals surface area (Å²) in [5.74, 6) is -0.103. The first kappa shape index (κ1) is 16.4. The van der Waals surface area contributed by atoms with Gasteiger partial charge in [-0.1, -0.05) is 46.9 Å². The summed E-state index contributed by atoms with van der Waals surface area (Å²) in [6.07, 6.45) is 0. The lowest BCUT2D eigenvalue weighted by Crippen LogP contribution is -2.20. The van der Waals surface area contributed by atoms with E-state index in [1.54, 1.807) is 6.07 Å². The molecule has 2 aromatic carbocycles. The molecule has 2 aromatic rings. The summed E-state index contributed by atoms with van der Waals surface area (Å²) >= 11 is 21.1. The zero-order valence-corrected chi connectivity index (χ0v) is 14.4. The number of ether oxygens (including phenoxy) is 1. The van der Waals surface area contributed by atoms with Gasteiger partial charge in [0, 0.05) is 9.50 Å². The summed E-state index contributed by atoms with van der Waals surface area (Å²) in [4.78, 5) is 11.9. The molecule has 0 heterocycles. The molecule has 0 aliphatic heterocycles. The molecule has 0 saturated carbocycles. The van der Waals surface area contributed by atoms with Crippen LogP contribution >= 0.6 is 50.7 Å². The fraction of sp³-hybridized carbons (Fsp3) is 0.0714. The Kier molecular flexibility index (Phi) is 5.76. The van der Waals surface area contributed by atoms with Crippen LogP contribution < -0.4 is 10.1 Å². The molecule has 0 aromatic heterocycles. The minimum atomic E-state index is -0.330. The molecule has 2 rings (SSSR count). The lowest BCUT2D eigenvalue weighted by Gasteiger charge is -2.11. The highest BCUT2D eigenvalue weighted by Crippen LogP contribution is 2.35. The maximum atomic E-state index is 11.9. The predicted octanol–water partition coefficient (Wildman–Crippen LogP) is 5.43. The Morgan fingerprint density at radius 3 is 2.38 bits per heavy atom. The molecule has 0 spiro atoms. The van der Waals surface area contributed by atoms with Crippen molar-refractivity contribution in [2.24, 2.45) is 0 Å². The van der Waals surface area contributed by atoms with Gasteiger partial charge in [-0.05, 0) is 40.2 Å². The number of halogens is 4. The highest BCUT2D eigenvalue weighted by atomic mass is 79.9. The average Bonchev–Trinajstić information content (AvgIpc) is 2.40. The van der Waals surface area contributed by atoms with E-state index in [0.717, 1.165) is 4.47 Å². The number of carbonyl (C=O) groups is 1. The zero-order chi connectivity index (χ0) is 15.4. The van der Waals surface area contributed by atoms with Gasteiger partial charge in [0.15, 0.2) is 12.4 Å². The molecule has 0 bridgehead atoms. The summed E-state index contributed by atoms with van der Waals surface area (Å²) in [6, 6.07) is 10.2. The largest absolute Gasteiger partial charge is 0.481 e. The molecule has 0 aliphatic carbocycles. The van der Waals surface area contributed by atoms with Crippen molar-refractivity contribution in [3.8, 4) is 5.75 Å². The zero-order valence-electron chi connectivity index (χ0n) is 10.5. The van der Waals surface area contributed by atoms with Crippen molar-refractivity contribution >= 4 is 62.3 Å². The van der Waals surface area contributed by atoms with E-state index < -0.39 is 0 Å². The second-order valence-corrected chi connectivity index (χ2v) is 6.12. The number of anilines is 1. The maximum Gasteiger partial charge on any atom is 0.262 e. The van der Waals surface area contributed by atoms with Gasteiger partial charge in [0.25, 0.3) is 5.91 Å². The van der Waals surface area contributed by atoms with Crippen LogP contribution in [0.4, 0.5) is 5.69 Å². The molecular formula is C14H9BrCl3NO2. The summed E-state index contributed by atoms with van der Waals surface area (Å²) in [6.45, 7) is -0.220. The van der Waals surface area contributed by atoms with Gasteiger partial charge in [0.2, 0.25) is 0 Å². The second kappa shape index (κ2) is 7.36. The summed E-state index contributed by atoms with van der Waals surface area (Å²) in [5, 5.41) is 3.61. The van der Waals surface area contributed by atoms with Crippen molar-refractivity contribution in [3.05, 3.63) is 55.9 Å². The third kappa shape index (κ3) is 4.51. The Morgan fingerprint density at radius 1 is 1.14 bits per heavy atom. The van der Waals surface area contributed by atoms with Gasteiger partial charge in [-0.3, -0.25) is 4.79 Å². The highest BCUT2D eigenvalue weighted by molar-refractivity contribution is 9.10. The van der Waals surface area contributed by atoms with Gasteiger partial charge in [0.05, 0.1) is 15.7 Å². The average molecular weight is 409 g/mol. The van der Waals surface area contributed by atoms with Crippen molar-refractivity contribution in [3.63, 3.8) is 0 Å². The van der Waals surface area contributed by atoms with Crippen molar-refractivity contribution in [2.45, 2.75) is 0 Å². The molecule has 0 unspecified atom stereocenters. The normalized spacial score (nSPS) is 10.3. The Balaban J connectivity index is 2.01. The number of rotatable bonds is 4. The number of hydrogen-bond donors (Lipinski definition) is 1. The maximum absolute atomic E-state index is 11.9. The Hall–Kier alpha value is -0.940. The van der Waals surface area contributed by atoms with Crippen LogP contribution in [0.15, 0.2) is 40.9 Å². The monoisotopic (exact) mass is 407 g/mol. The molecule has 1 amide bonds. The van der Waals surface area contributed by atoms with E-state index in [1.807, 2.05) is 18.2 Å². The van der Waals surface area contributed by atoms with E-state index in [9.17, 15) is 4.79 Å². The Bertz CT molecular complexity index is 656. The van der Waals surface area contributed by atoms with E-state index in [1.165, 1.54) is 12.1 Å². The van der Waals surface area contributed by atoms with Crippen LogP contribution in [0, 0.1) is 0 Å². The standard InChI is InChI=1S/C14H9BrCl3NO2/c15-9-3-1-2-4-12(9)19-13(20)7-21-14-10(17)5-8(16)6-11(14)18/h1-6H,7H2,(H,19,20). The lowest BCUT2D eigenvalue weighted by molar-refractivity contribution is -0.118. The van der Waals surface area contributed by atoms with Crippen LogP contribution in [-0.4, -0.2) is 12.5 Å². The fourth-order valence-corrected chi connectivity index (χ4v) is 2.86. The Labute approximate surface area is 145 Å². The van der Waals surface area contributed by atoms with E-state index in [-0.39, 0.29) is 28.3 Å². The highest BCUT2D eigenvalue weighted by Gasteiger charge is 2.12. The van der Waals surface area contributed by atoms with Crippen molar-refractivity contribution < 1.29 is 9.53 Å². The van der Waals surface area contributed by atoms with Crippen LogP contribution in [0.25, 0.3) is 0 Å². The Morgan fingerprint density at radius 2 is 1.76 bits per heavy atom. The molecule has 21 heavy (non-hydrogen) atoms. The van der Waals surface area contributed by atoms with Crippen molar-refractivity contribution in [1.82, 2.24) is 0 Å². The van der Waals surface area contributed by atoms with Crippen LogP contribution in [0.5, 0.6) is 5.75 Å². The minimum Gasteiger partial charge on any atom is -0.481 e. The summed E-state index contributed by atoms with van der Waals surface area (Å²) in [7, 11) is 0. The summed E-state index contributed by atoms with van der Waals surface area (Å²) < 4.78 is 6.13. The molecule has 3 nitrogen and oxygen atoms in total. The number of carbonyl (C=O) groups excluding carboxylic acids is 1. The SMILES string of the molecule is O=C(COc1c(Cl)cc(Cl)cc1Cl)Nc1ccccc1Br. The minimum absolute atomic E-state index is 0.220. The molecule has 0 saturated heterocycles. The number of nitrogens with one attached hydrogen (secondary N) is 1. The topological polar surface area (TPSA) is 38.3 Å². The number of amides is 1. The van der Waals surface area contributed by atoms with Gasteiger partial charge >= 0.3 is 0 Å². The lowest BCUT2D eigenvalue weighted by atomic mass is 10.3. The molecule has 7 heteroatoms. The second-order valence-electron chi connectivity index (χ2n) is 4.02. The van der Waals surface area contributed by atoms with E-state index in [2.05, 4.69) is 21.2 Å². The van der Waals surface area contributed by atoms with Gasteiger partial charge < -0.3 is 10.1 Å². The number of hydrogen-bond acceptors (Lipinski definition) is 2. The van der Waals surface area contributed by atoms with E-state index in [4.69, 9.17) is 39.5 Å². The molecule has 1 N–H and O–H groups in total. The van der Waals surface area contributed by atoms with Crippen LogP contribution in [-0.2, 0) is 4.79 Å².